The molecule has 30 heavy (non-hydrogen) atoms. The zero-order valence-electron chi connectivity index (χ0n) is 17.3. The van der Waals surface area contributed by atoms with Gasteiger partial charge in [-0.25, -0.2) is 4.98 Å². The lowest BCUT2D eigenvalue weighted by atomic mass is 10.0. The summed E-state index contributed by atoms with van der Waals surface area (Å²) in [5.74, 6) is 1.88. The lowest BCUT2D eigenvalue weighted by Gasteiger charge is -2.22. The molecule has 2 aromatic carbocycles. The van der Waals surface area contributed by atoms with Crippen LogP contribution in [0.15, 0.2) is 59.8 Å². The Labute approximate surface area is 185 Å². The van der Waals surface area contributed by atoms with Gasteiger partial charge in [-0.15, -0.1) is 11.8 Å². The number of imidazole rings is 1. The van der Waals surface area contributed by atoms with E-state index >= 15 is 0 Å². The zero-order chi connectivity index (χ0) is 21.7. The average molecular weight is 446 g/mol. The third kappa shape index (κ3) is 5.29. The van der Waals surface area contributed by atoms with Gasteiger partial charge in [-0.2, -0.15) is 0 Å². The summed E-state index contributed by atoms with van der Waals surface area (Å²) in [6.07, 6.45) is 3.55. The highest BCUT2D eigenvalue weighted by Gasteiger charge is 2.25. The number of rotatable bonds is 8. The number of hydrogen-bond acceptors (Lipinski definition) is 5. The van der Waals surface area contributed by atoms with E-state index in [1.54, 1.807) is 26.5 Å². The summed E-state index contributed by atoms with van der Waals surface area (Å²) in [5, 5.41) is 3.48. The summed E-state index contributed by atoms with van der Waals surface area (Å²) in [5.41, 5.74) is 0.817. The van der Waals surface area contributed by atoms with Gasteiger partial charge in [0.1, 0.15) is 23.4 Å². The maximum Gasteiger partial charge on any atom is 0.234 e. The first-order chi connectivity index (χ1) is 14.4. The van der Waals surface area contributed by atoms with Crippen molar-refractivity contribution >= 4 is 29.3 Å². The number of aryl methyl sites for hydroxylation is 1. The predicted octanol–water partition coefficient (Wildman–Crippen LogP) is 4.48. The molecule has 1 amide bonds. The van der Waals surface area contributed by atoms with Crippen LogP contribution in [-0.4, -0.2) is 34.9 Å². The number of thioether (sulfide) groups is 1. The summed E-state index contributed by atoms with van der Waals surface area (Å²) >= 11 is 7.42. The maximum atomic E-state index is 13.1. The molecule has 0 radical (unpaired) electrons. The fourth-order valence-corrected chi connectivity index (χ4v) is 3.98. The molecule has 1 aromatic heterocycles. The Morgan fingerprint density at radius 2 is 1.77 bits per heavy atom. The van der Waals surface area contributed by atoms with Crippen LogP contribution in [0.2, 0.25) is 5.02 Å². The molecule has 3 aromatic rings. The van der Waals surface area contributed by atoms with E-state index in [0.29, 0.717) is 22.3 Å². The maximum absolute atomic E-state index is 13.1. The molecule has 6 nitrogen and oxygen atoms in total. The summed E-state index contributed by atoms with van der Waals surface area (Å²) in [4.78, 5) is 18.5. The van der Waals surface area contributed by atoms with E-state index in [-0.39, 0.29) is 11.2 Å². The number of amides is 1. The van der Waals surface area contributed by atoms with Crippen molar-refractivity contribution in [3.63, 3.8) is 0 Å². The van der Waals surface area contributed by atoms with Gasteiger partial charge in [0.2, 0.25) is 5.91 Å². The fourth-order valence-electron chi connectivity index (χ4n) is 2.98. The van der Waals surface area contributed by atoms with Gasteiger partial charge in [0.15, 0.2) is 0 Å². The Morgan fingerprint density at radius 1 is 1.13 bits per heavy atom. The van der Waals surface area contributed by atoms with Gasteiger partial charge >= 0.3 is 0 Å². The van der Waals surface area contributed by atoms with Crippen molar-refractivity contribution in [3.8, 4) is 11.5 Å². The third-order valence-electron chi connectivity index (χ3n) is 4.61. The molecule has 158 valence electrons. The number of halogens is 1. The van der Waals surface area contributed by atoms with Crippen LogP contribution in [0, 0.1) is 0 Å². The largest absolute Gasteiger partial charge is 0.497 e. The van der Waals surface area contributed by atoms with Crippen LogP contribution in [-0.2, 0) is 11.8 Å². The Morgan fingerprint density at radius 3 is 2.30 bits per heavy atom. The van der Waals surface area contributed by atoms with Crippen molar-refractivity contribution in [2.24, 2.45) is 7.05 Å². The Kier molecular flexibility index (Phi) is 7.29. The monoisotopic (exact) mass is 445 g/mol. The molecule has 0 aliphatic heterocycles. The molecule has 2 unspecified atom stereocenters. The molecule has 1 heterocycles. The van der Waals surface area contributed by atoms with Gasteiger partial charge in [-0.3, -0.25) is 4.79 Å². The molecular formula is C22H24ClN3O3S. The number of carbonyl (C=O) groups excluding carboxylic acids is 1. The third-order valence-corrected chi connectivity index (χ3v) is 5.97. The normalized spacial score (nSPS) is 12.8. The lowest BCUT2D eigenvalue weighted by molar-refractivity contribution is -0.120. The molecule has 0 saturated heterocycles. The SMILES string of the molecule is COc1cc(OC)cc(C(NC(=O)C(C)Sc2ccc(Cl)cc2)c2nccn2C)c1. The average Bonchev–Trinajstić information content (AvgIpc) is 3.18. The quantitative estimate of drug-likeness (QED) is 0.518. The van der Waals surface area contributed by atoms with Gasteiger partial charge in [0, 0.05) is 35.4 Å². The first kappa shape index (κ1) is 22.1. The molecule has 0 fully saturated rings. The minimum absolute atomic E-state index is 0.107. The van der Waals surface area contributed by atoms with E-state index in [4.69, 9.17) is 21.1 Å². The van der Waals surface area contributed by atoms with E-state index in [9.17, 15) is 4.79 Å². The van der Waals surface area contributed by atoms with Crippen LogP contribution in [0.5, 0.6) is 11.5 Å². The van der Waals surface area contributed by atoms with Crippen molar-refractivity contribution < 1.29 is 14.3 Å². The predicted molar refractivity (Wildman–Crippen MR) is 120 cm³/mol. The molecule has 0 spiro atoms. The van der Waals surface area contributed by atoms with Gasteiger partial charge < -0.3 is 19.4 Å². The van der Waals surface area contributed by atoms with Crippen molar-refractivity contribution in [1.29, 1.82) is 0 Å². The fraction of sp³-hybridized carbons (Fsp3) is 0.273. The number of nitrogens with one attached hydrogen (secondary N) is 1. The van der Waals surface area contributed by atoms with Crippen LogP contribution in [0.25, 0.3) is 0 Å². The Bertz CT molecular complexity index is 985. The highest BCUT2D eigenvalue weighted by molar-refractivity contribution is 8.00. The van der Waals surface area contributed by atoms with Gasteiger partial charge in [0.05, 0.1) is 19.5 Å². The highest BCUT2D eigenvalue weighted by atomic mass is 35.5. The van der Waals surface area contributed by atoms with Crippen LogP contribution in [0.1, 0.15) is 24.4 Å². The molecule has 0 saturated carbocycles. The first-order valence-electron chi connectivity index (χ1n) is 9.34. The number of carbonyl (C=O) groups is 1. The van der Waals surface area contributed by atoms with Gasteiger partial charge in [-0.05, 0) is 48.9 Å². The molecule has 0 aliphatic carbocycles. The number of methoxy groups -OCH3 is 2. The Hall–Kier alpha value is -2.64. The topological polar surface area (TPSA) is 65.4 Å². The van der Waals surface area contributed by atoms with Crippen LogP contribution in [0.3, 0.4) is 0 Å². The van der Waals surface area contributed by atoms with Gasteiger partial charge in [-0.1, -0.05) is 11.6 Å². The molecule has 0 bridgehead atoms. The Balaban J connectivity index is 1.87. The van der Waals surface area contributed by atoms with Crippen LogP contribution in [0.4, 0.5) is 0 Å². The molecule has 3 rings (SSSR count). The highest BCUT2D eigenvalue weighted by Crippen LogP contribution is 2.31. The molecular weight excluding hydrogens is 422 g/mol. The molecule has 2 atom stereocenters. The number of benzene rings is 2. The number of hydrogen-bond donors (Lipinski definition) is 1. The van der Waals surface area contributed by atoms with E-state index < -0.39 is 6.04 Å². The second kappa shape index (κ2) is 9.91. The minimum atomic E-state index is -0.463. The summed E-state index contributed by atoms with van der Waals surface area (Å²) in [6.45, 7) is 1.87. The number of ether oxygens (including phenoxy) is 2. The van der Waals surface area contributed by atoms with Crippen LogP contribution < -0.4 is 14.8 Å². The lowest BCUT2D eigenvalue weighted by Crippen LogP contribution is -2.36. The summed E-state index contributed by atoms with van der Waals surface area (Å²) < 4.78 is 12.7. The minimum Gasteiger partial charge on any atom is -0.497 e. The molecule has 0 aliphatic rings. The van der Waals surface area contributed by atoms with E-state index in [1.165, 1.54) is 11.8 Å². The van der Waals surface area contributed by atoms with Crippen molar-refractivity contribution in [2.45, 2.75) is 23.1 Å². The van der Waals surface area contributed by atoms with E-state index in [2.05, 4.69) is 10.3 Å². The smallest absolute Gasteiger partial charge is 0.234 e. The first-order valence-corrected chi connectivity index (χ1v) is 10.6. The molecule has 1 N–H and O–H groups in total. The van der Waals surface area contributed by atoms with Gasteiger partial charge in [0.25, 0.3) is 0 Å². The van der Waals surface area contributed by atoms with E-state index in [1.807, 2.05) is 61.1 Å². The zero-order valence-corrected chi connectivity index (χ0v) is 18.8. The summed E-state index contributed by atoms with van der Waals surface area (Å²) in [7, 11) is 5.08. The number of nitrogens with zero attached hydrogens (tertiary/aromatic N) is 2. The van der Waals surface area contributed by atoms with Crippen molar-refractivity contribution in [2.75, 3.05) is 14.2 Å². The van der Waals surface area contributed by atoms with E-state index in [0.717, 1.165) is 10.5 Å². The molecule has 8 heteroatoms. The standard InChI is InChI=1S/C22H24ClN3O3S/c1-14(30-19-7-5-16(23)6-8-19)22(27)25-20(21-24-9-10-26(21)2)15-11-17(28-3)13-18(12-15)29-4/h5-14,20H,1-4H3,(H,25,27). The number of aromatic nitrogens is 2. The summed E-state index contributed by atoms with van der Waals surface area (Å²) in [6, 6.07) is 12.5. The van der Waals surface area contributed by atoms with Crippen molar-refractivity contribution in [1.82, 2.24) is 14.9 Å². The van der Waals surface area contributed by atoms with Crippen molar-refractivity contribution in [3.05, 3.63) is 71.3 Å². The second-order valence-corrected chi connectivity index (χ2v) is 8.55. The van der Waals surface area contributed by atoms with Crippen LogP contribution >= 0.6 is 23.4 Å². The second-order valence-electron chi connectivity index (χ2n) is 6.70.